The van der Waals surface area contributed by atoms with Crippen LogP contribution in [0.4, 0.5) is 4.79 Å². The molecule has 2 rings (SSSR count). The van der Waals surface area contributed by atoms with Crippen molar-refractivity contribution in [1.82, 2.24) is 5.32 Å². The largest absolute Gasteiger partial charge is 0.445 e. The zero-order chi connectivity index (χ0) is 15.1. The van der Waals surface area contributed by atoms with Crippen LogP contribution in [0.1, 0.15) is 31.2 Å². The first kappa shape index (κ1) is 15.5. The Morgan fingerprint density at radius 3 is 2.81 bits per heavy atom. The third-order valence-electron chi connectivity index (χ3n) is 3.74. The van der Waals surface area contributed by atoms with Gasteiger partial charge in [-0.05, 0) is 24.8 Å². The van der Waals surface area contributed by atoms with Crippen LogP contribution >= 0.6 is 0 Å². The number of benzene rings is 1. The van der Waals surface area contributed by atoms with Crippen molar-refractivity contribution in [2.75, 3.05) is 6.54 Å². The average Bonchev–Trinajstić information content (AvgIpc) is 2.92. The van der Waals surface area contributed by atoms with Gasteiger partial charge in [0, 0.05) is 18.9 Å². The van der Waals surface area contributed by atoms with Crippen molar-refractivity contribution in [2.24, 2.45) is 5.92 Å². The average molecular weight is 291 g/mol. The lowest BCUT2D eigenvalue weighted by Gasteiger charge is -2.16. The van der Waals surface area contributed by atoms with E-state index < -0.39 is 12.2 Å². The van der Waals surface area contributed by atoms with Gasteiger partial charge in [0.1, 0.15) is 12.4 Å². The highest BCUT2D eigenvalue weighted by Crippen LogP contribution is 2.25. The molecule has 1 aromatic carbocycles. The quantitative estimate of drug-likeness (QED) is 0.841. The fourth-order valence-electron chi connectivity index (χ4n) is 2.55. The van der Waals surface area contributed by atoms with E-state index in [0.717, 1.165) is 18.4 Å². The highest BCUT2D eigenvalue weighted by atomic mass is 16.5. The van der Waals surface area contributed by atoms with E-state index in [-0.39, 0.29) is 18.3 Å². The Bertz CT molecular complexity index is 474. The van der Waals surface area contributed by atoms with Crippen molar-refractivity contribution in [3.63, 3.8) is 0 Å². The Labute approximate surface area is 124 Å². The molecular formula is C16H21NO4. The third kappa shape index (κ3) is 4.86. The van der Waals surface area contributed by atoms with Crippen molar-refractivity contribution in [1.29, 1.82) is 0 Å². The summed E-state index contributed by atoms with van der Waals surface area (Å²) in [5, 5.41) is 12.5. The van der Waals surface area contributed by atoms with Crippen LogP contribution in [0.15, 0.2) is 30.3 Å². The van der Waals surface area contributed by atoms with Crippen LogP contribution in [-0.2, 0) is 16.1 Å². The summed E-state index contributed by atoms with van der Waals surface area (Å²) in [6, 6.07) is 9.41. The van der Waals surface area contributed by atoms with Gasteiger partial charge in [0.25, 0.3) is 0 Å². The summed E-state index contributed by atoms with van der Waals surface area (Å²) in [6.45, 7) is 0.523. The number of hydrogen-bond donors (Lipinski definition) is 2. The van der Waals surface area contributed by atoms with Gasteiger partial charge in [0.2, 0.25) is 0 Å². The standard InChI is InChI=1S/C16H21NO4/c18-14-8-4-7-13(14)15(19)9-10-17-16(20)21-11-12-5-2-1-3-6-12/h1-3,5-6,13,15,19H,4,7-11H2,(H,17,20)/t13-,15?/m0/s1. The summed E-state index contributed by atoms with van der Waals surface area (Å²) in [4.78, 5) is 23.0. The zero-order valence-corrected chi connectivity index (χ0v) is 12.0. The van der Waals surface area contributed by atoms with E-state index in [1.807, 2.05) is 30.3 Å². The summed E-state index contributed by atoms with van der Waals surface area (Å²) in [6.07, 6.45) is 1.36. The van der Waals surface area contributed by atoms with Crippen molar-refractivity contribution >= 4 is 11.9 Å². The molecule has 114 valence electrons. The van der Waals surface area contributed by atoms with E-state index in [1.165, 1.54) is 0 Å². The lowest BCUT2D eigenvalue weighted by molar-refractivity contribution is -0.123. The summed E-state index contributed by atoms with van der Waals surface area (Å²) in [5.74, 6) is -0.124. The molecule has 0 spiro atoms. The second-order valence-corrected chi connectivity index (χ2v) is 5.31. The van der Waals surface area contributed by atoms with E-state index in [4.69, 9.17) is 4.74 Å². The molecule has 0 bridgehead atoms. The molecule has 5 nitrogen and oxygen atoms in total. The highest BCUT2D eigenvalue weighted by molar-refractivity contribution is 5.83. The van der Waals surface area contributed by atoms with Crippen molar-refractivity contribution in [2.45, 2.75) is 38.4 Å². The van der Waals surface area contributed by atoms with Gasteiger partial charge in [-0.3, -0.25) is 4.79 Å². The first-order valence-electron chi connectivity index (χ1n) is 7.32. The molecule has 1 aromatic rings. The van der Waals surface area contributed by atoms with Crippen LogP contribution in [-0.4, -0.2) is 29.6 Å². The predicted molar refractivity (Wildman–Crippen MR) is 77.6 cm³/mol. The Hall–Kier alpha value is -1.88. The molecule has 0 saturated heterocycles. The summed E-state index contributed by atoms with van der Waals surface area (Å²) in [5.41, 5.74) is 0.921. The SMILES string of the molecule is O=C(NCCC(O)[C@H]1CCCC1=O)OCc1ccccc1. The third-order valence-corrected chi connectivity index (χ3v) is 3.74. The molecule has 1 fully saturated rings. The smallest absolute Gasteiger partial charge is 0.407 e. The Balaban J connectivity index is 1.62. The number of ketones is 1. The second-order valence-electron chi connectivity index (χ2n) is 5.31. The molecule has 0 radical (unpaired) electrons. The normalized spacial score (nSPS) is 19.3. The second kappa shape index (κ2) is 7.78. The minimum absolute atomic E-state index is 0.133. The topological polar surface area (TPSA) is 75.6 Å². The van der Waals surface area contributed by atoms with Crippen LogP contribution in [0.5, 0.6) is 0 Å². The van der Waals surface area contributed by atoms with Gasteiger partial charge in [-0.15, -0.1) is 0 Å². The number of carbonyl (C=O) groups excluding carboxylic acids is 2. The first-order chi connectivity index (χ1) is 10.2. The maximum Gasteiger partial charge on any atom is 0.407 e. The van der Waals surface area contributed by atoms with Gasteiger partial charge in [-0.25, -0.2) is 4.79 Å². The van der Waals surface area contributed by atoms with E-state index in [2.05, 4.69) is 5.32 Å². The minimum Gasteiger partial charge on any atom is -0.445 e. The molecular weight excluding hydrogens is 270 g/mol. The molecule has 1 amide bonds. The Morgan fingerprint density at radius 1 is 1.38 bits per heavy atom. The monoisotopic (exact) mass is 291 g/mol. The van der Waals surface area contributed by atoms with Crippen LogP contribution in [0, 0.1) is 5.92 Å². The molecule has 1 saturated carbocycles. The van der Waals surface area contributed by atoms with E-state index in [0.29, 0.717) is 19.4 Å². The lowest BCUT2D eigenvalue weighted by Crippen LogP contribution is -2.31. The number of nitrogens with one attached hydrogen (secondary N) is 1. The Morgan fingerprint density at radius 2 is 2.14 bits per heavy atom. The van der Waals surface area contributed by atoms with Crippen molar-refractivity contribution in [3.05, 3.63) is 35.9 Å². The number of aliphatic hydroxyl groups excluding tert-OH is 1. The number of aliphatic hydroxyl groups is 1. The zero-order valence-electron chi connectivity index (χ0n) is 12.0. The maximum atomic E-state index is 11.5. The summed E-state index contributed by atoms with van der Waals surface area (Å²) < 4.78 is 5.06. The fourth-order valence-corrected chi connectivity index (χ4v) is 2.55. The molecule has 1 aliphatic carbocycles. The number of rotatable bonds is 6. The van der Waals surface area contributed by atoms with Gasteiger partial charge in [0.15, 0.2) is 0 Å². The molecule has 5 heteroatoms. The van der Waals surface area contributed by atoms with E-state index >= 15 is 0 Å². The summed E-state index contributed by atoms with van der Waals surface area (Å²) in [7, 11) is 0. The minimum atomic E-state index is -0.672. The Kier molecular flexibility index (Phi) is 5.75. The molecule has 1 unspecified atom stereocenters. The van der Waals surface area contributed by atoms with Gasteiger partial charge in [-0.2, -0.15) is 0 Å². The fraction of sp³-hybridized carbons (Fsp3) is 0.500. The summed E-state index contributed by atoms with van der Waals surface area (Å²) >= 11 is 0. The number of ether oxygens (including phenoxy) is 1. The number of hydrogen-bond acceptors (Lipinski definition) is 4. The number of alkyl carbamates (subject to hydrolysis) is 1. The first-order valence-corrected chi connectivity index (χ1v) is 7.32. The van der Waals surface area contributed by atoms with Gasteiger partial charge >= 0.3 is 6.09 Å². The molecule has 2 atom stereocenters. The van der Waals surface area contributed by atoms with Crippen LogP contribution in [0.3, 0.4) is 0 Å². The van der Waals surface area contributed by atoms with Gasteiger partial charge in [-0.1, -0.05) is 30.3 Å². The van der Waals surface area contributed by atoms with Crippen molar-refractivity contribution < 1.29 is 19.4 Å². The van der Waals surface area contributed by atoms with Crippen LogP contribution < -0.4 is 5.32 Å². The molecule has 2 N–H and O–H groups in total. The van der Waals surface area contributed by atoms with Crippen molar-refractivity contribution in [3.8, 4) is 0 Å². The molecule has 0 heterocycles. The van der Waals surface area contributed by atoms with Gasteiger partial charge in [0.05, 0.1) is 6.10 Å². The molecule has 0 aromatic heterocycles. The van der Waals surface area contributed by atoms with Crippen LogP contribution in [0.25, 0.3) is 0 Å². The number of carbonyl (C=O) groups is 2. The molecule has 21 heavy (non-hydrogen) atoms. The predicted octanol–water partition coefficient (Wildman–Crippen LogP) is 2.03. The van der Waals surface area contributed by atoms with E-state index in [9.17, 15) is 14.7 Å². The van der Waals surface area contributed by atoms with Gasteiger partial charge < -0.3 is 15.2 Å². The molecule has 1 aliphatic rings. The van der Waals surface area contributed by atoms with E-state index in [1.54, 1.807) is 0 Å². The number of Topliss-reactive ketones (excluding diaryl/α,β-unsaturated/α-hetero) is 1. The lowest BCUT2D eigenvalue weighted by atomic mass is 9.97. The number of amides is 1. The van der Waals surface area contributed by atoms with Crippen LogP contribution in [0.2, 0.25) is 0 Å². The molecule has 0 aliphatic heterocycles. The highest BCUT2D eigenvalue weighted by Gasteiger charge is 2.30. The maximum absolute atomic E-state index is 11.5.